The number of para-hydroxylation sites is 1. The van der Waals surface area contributed by atoms with E-state index < -0.39 is 34.9 Å². The molecular weight excluding hydrogens is 302 g/mol. The topological polar surface area (TPSA) is 49.3 Å². The molecule has 7 heteroatoms. The molecule has 0 aliphatic carbocycles. The third kappa shape index (κ3) is 3.75. The van der Waals surface area contributed by atoms with Crippen LogP contribution < -0.4 is 5.32 Å². The molecule has 0 heterocycles. The Labute approximate surface area is 123 Å². The summed E-state index contributed by atoms with van der Waals surface area (Å²) in [5.41, 5.74) is -1.14. The summed E-state index contributed by atoms with van der Waals surface area (Å²) < 4.78 is 51.2. The van der Waals surface area contributed by atoms with Gasteiger partial charge in [0.2, 0.25) is 5.91 Å². The van der Waals surface area contributed by atoms with Crippen molar-refractivity contribution in [3.05, 3.63) is 59.4 Å². The number of halogens is 4. The summed E-state index contributed by atoms with van der Waals surface area (Å²) in [5.74, 6) is -2.03. The average molecular weight is 313 g/mol. The Balaban J connectivity index is 2.13. The van der Waals surface area contributed by atoms with Gasteiger partial charge in [0.1, 0.15) is 11.4 Å². The number of carbonyl (C=O) groups is 1. The van der Waals surface area contributed by atoms with Gasteiger partial charge in [0.05, 0.1) is 12.0 Å². The SMILES string of the molecule is O=C(Cc1cccc(C(F)(F)F)c1)Nc1c(O)cccc1F. The first-order chi connectivity index (χ1) is 10.3. The molecular formula is C15H11F4NO2. The number of carbonyl (C=O) groups excluding carboxylic acids is 1. The van der Waals surface area contributed by atoms with Crippen molar-refractivity contribution in [1.82, 2.24) is 0 Å². The first kappa shape index (κ1) is 15.8. The van der Waals surface area contributed by atoms with Gasteiger partial charge in [-0.2, -0.15) is 13.2 Å². The standard InChI is InChI=1S/C15H11F4NO2/c16-11-5-2-6-12(21)14(11)20-13(22)8-9-3-1-4-10(7-9)15(17,18)19/h1-7,21H,8H2,(H,20,22). The lowest BCUT2D eigenvalue weighted by molar-refractivity contribution is -0.137. The maximum absolute atomic E-state index is 13.4. The molecule has 0 aromatic heterocycles. The quantitative estimate of drug-likeness (QED) is 0.670. The Hall–Kier alpha value is -2.57. The number of benzene rings is 2. The largest absolute Gasteiger partial charge is 0.506 e. The number of anilines is 1. The van der Waals surface area contributed by atoms with E-state index in [1.165, 1.54) is 24.3 Å². The van der Waals surface area contributed by atoms with E-state index in [0.717, 1.165) is 18.2 Å². The molecule has 0 saturated carbocycles. The fraction of sp³-hybridized carbons (Fsp3) is 0.133. The van der Waals surface area contributed by atoms with Gasteiger partial charge in [0.15, 0.2) is 5.82 Å². The first-order valence-corrected chi connectivity index (χ1v) is 6.21. The summed E-state index contributed by atoms with van der Waals surface area (Å²) in [4.78, 5) is 11.8. The monoisotopic (exact) mass is 313 g/mol. The summed E-state index contributed by atoms with van der Waals surface area (Å²) in [6, 6.07) is 7.77. The number of hydrogen-bond acceptors (Lipinski definition) is 2. The number of amides is 1. The number of nitrogens with one attached hydrogen (secondary N) is 1. The van der Waals surface area contributed by atoms with Crippen LogP contribution >= 0.6 is 0 Å². The molecule has 0 saturated heterocycles. The van der Waals surface area contributed by atoms with Gasteiger partial charge in [-0.25, -0.2) is 4.39 Å². The summed E-state index contributed by atoms with van der Waals surface area (Å²) in [6.07, 6.45) is -4.88. The second-order valence-electron chi connectivity index (χ2n) is 4.56. The van der Waals surface area contributed by atoms with Crippen LogP contribution in [0.25, 0.3) is 0 Å². The minimum atomic E-state index is -4.50. The summed E-state index contributed by atoms with van der Waals surface area (Å²) >= 11 is 0. The molecule has 0 bridgehead atoms. The Morgan fingerprint density at radius 2 is 1.82 bits per heavy atom. The van der Waals surface area contributed by atoms with E-state index in [0.29, 0.717) is 0 Å². The van der Waals surface area contributed by atoms with Crippen molar-refractivity contribution in [1.29, 1.82) is 0 Å². The van der Waals surface area contributed by atoms with Crippen LogP contribution in [0.2, 0.25) is 0 Å². The Morgan fingerprint density at radius 1 is 1.14 bits per heavy atom. The fourth-order valence-corrected chi connectivity index (χ4v) is 1.86. The fourth-order valence-electron chi connectivity index (χ4n) is 1.86. The minimum absolute atomic E-state index is 0.128. The summed E-state index contributed by atoms with van der Waals surface area (Å²) in [6.45, 7) is 0. The Morgan fingerprint density at radius 3 is 2.45 bits per heavy atom. The number of hydrogen-bond donors (Lipinski definition) is 2. The second-order valence-corrected chi connectivity index (χ2v) is 4.56. The number of phenols is 1. The van der Waals surface area contributed by atoms with Gasteiger partial charge in [-0.05, 0) is 23.8 Å². The molecule has 0 fully saturated rings. The smallest absolute Gasteiger partial charge is 0.416 e. The molecule has 0 aliphatic rings. The van der Waals surface area contributed by atoms with Gasteiger partial charge >= 0.3 is 6.18 Å². The Kier molecular flexibility index (Phi) is 4.35. The van der Waals surface area contributed by atoms with E-state index in [1.807, 2.05) is 0 Å². The highest BCUT2D eigenvalue weighted by Crippen LogP contribution is 2.30. The molecule has 2 N–H and O–H groups in total. The van der Waals surface area contributed by atoms with Crippen LogP contribution in [-0.2, 0) is 17.4 Å². The van der Waals surface area contributed by atoms with E-state index in [2.05, 4.69) is 5.32 Å². The highest BCUT2D eigenvalue weighted by Gasteiger charge is 2.30. The van der Waals surface area contributed by atoms with Crippen molar-refractivity contribution < 1.29 is 27.5 Å². The van der Waals surface area contributed by atoms with Gasteiger partial charge < -0.3 is 10.4 Å². The molecule has 0 atom stereocenters. The van der Waals surface area contributed by atoms with Crippen LogP contribution in [0.1, 0.15) is 11.1 Å². The van der Waals surface area contributed by atoms with E-state index in [-0.39, 0.29) is 12.0 Å². The van der Waals surface area contributed by atoms with E-state index in [1.54, 1.807) is 0 Å². The predicted molar refractivity (Wildman–Crippen MR) is 71.8 cm³/mol. The molecule has 116 valence electrons. The lowest BCUT2D eigenvalue weighted by Gasteiger charge is -2.10. The molecule has 3 nitrogen and oxygen atoms in total. The number of alkyl halides is 3. The lowest BCUT2D eigenvalue weighted by Crippen LogP contribution is -2.16. The molecule has 0 unspecified atom stereocenters. The number of aromatic hydroxyl groups is 1. The van der Waals surface area contributed by atoms with Crippen LogP contribution in [0.5, 0.6) is 5.75 Å². The maximum atomic E-state index is 13.4. The van der Waals surface area contributed by atoms with Crippen molar-refractivity contribution >= 4 is 11.6 Å². The van der Waals surface area contributed by atoms with Crippen molar-refractivity contribution in [2.24, 2.45) is 0 Å². The van der Waals surface area contributed by atoms with E-state index >= 15 is 0 Å². The van der Waals surface area contributed by atoms with Gasteiger partial charge in [-0.3, -0.25) is 4.79 Å². The van der Waals surface area contributed by atoms with Crippen molar-refractivity contribution in [2.45, 2.75) is 12.6 Å². The molecule has 0 spiro atoms. The molecule has 2 rings (SSSR count). The van der Waals surface area contributed by atoms with Crippen molar-refractivity contribution in [2.75, 3.05) is 5.32 Å². The van der Waals surface area contributed by atoms with Crippen LogP contribution in [0.3, 0.4) is 0 Å². The van der Waals surface area contributed by atoms with Gasteiger partial charge in [-0.1, -0.05) is 24.3 Å². The van der Waals surface area contributed by atoms with Crippen LogP contribution in [0.4, 0.5) is 23.2 Å². The van der Waals surface area contributed by atoms with Crippen LogP contribution in [0, 0.1) is 5.82 Å². The zero-order valence-corrected chi connectivity index (χ0v) is 11.1. The zero-order chi connectivity index (χ0) is 16.3. The normalized spacial score (nSPS) is 11.3. The molecule has 22 heavy (non-hydrogen) atoms. The first-order valence-electron chi connectivity index (χ1n) is 6.21. The van der Waals surface area contributed by atoms with E-state index in [9.17, 15) is 27.5 Å². The average Bonchev–Trinajstić information content (AvgIpc) is 2.42. The number of phenolic OH excluding ortho intramolecular Hbond substituents is 1. The highest BCUT2D eigenvalue weighted by atomic mass is 19.4. The molecule has 2 aromatic carbocycles. The zero-order valence-electron chi connectivity index (χ0n) is 11.1. The third-order valence-corrected chi connectivity index (χ3v) is 2.88. The highest BCUT2D eigenvalue weighted by molar-refractivity contribution is 5.93. The molecule has 2 aromatic rings. The number of rotatable bonds is 3. The van der Waals surface area contributed by atoms with Crippen molar-refractivity contribution in [3.8, 4) is 5.75 Å². The molecule has 0 radical (unpaired) electrons. The van der Waals surface area contributed by atoms with E-state index in [4.69, 9.17) is 0 Å². The lowest BCUT2D eigenvalue weighted by atomic mass is 10.1. The molecule has 0 aliphatic heterocycles. The van der Waals surface area contributed by atoms with Gasteiger partial charge in [-0.15, -0.1) is 0 Å². The predicted octanol–water partition coefficient (Wildman–Crippen LogP) is 3.73. The van der Waals surface area contributed by atoms with Crippen molar-refractivity contribution in [3.63, 3.8) is 0 Å². The summed E-state index contributed by atoms with van der Waals surface area (Å²) in [5, 5.41) is 11.6. The third-order valence-electron chi connectivity index (χ3n) is 2.88. The van der Waals surface area contributed by atoms with Crippen LogP contribution in [0.15, 0.2) is 42.5 Å². The summed E-state index contributed by atoms with van der Waals surface area (Å²) in [7, 11) is 0. The van der Waals surface area contributed by atoms with Crippen LogP contribution in [-0.4, -0.2) is 11.0 Å². The maximum Gasteiger partial charge on any atom is 0.416 e. The second kappa shape index (κ2) is 6.05. The minimum Gasteiger partial charge on any atom is -0.506 e. The Bertz CT molecular complexity index is 678. The molecule has 1 amide bonds. The van der Waals surface area contributed by atoms with Gasteiger partial charge in [0, 0.05) is 0 Å². The van der Waals surface area contributed by atoms with Gasteiger partial charge in [0.25, 0.3) is 0 Å².